The monoisotopic (exact) mass is 207 g/mol. The molecular weight excluding hydrogens is 194 g/mol. The maximum absolute atomic E-state index is 10.3. The van der Waals surface area contributed by atoms with Crippen LogP contribution in [0.15, 0.2) is 18.2 Å². The number of hydrogen-bond acceptors (Lipinski definition) is 3. The Labute approximate surface area is 87.7 Å². The fourth-order valence-electron chi connectivity index (χ4n) is 2.02. The highest BCUT2D eigenvalue weighted by atomic mass is 16.7. The molecule has 1 unspecified atom stereocenters. The Kier molecular flexibility index (Phi) is 2.60. The van der Waals surface area contributed by atoms with Crippen LogP contribution in [0.5, 0.6) is 5.75 Å². The maximum Gasteiger partial charge on any atom is 0.511 e. The summed E-state index contributed by atoms with van der Waals surface area (Å²) in [6, 6.07) is 5.40. The molecule has 4 heteroatoms. The molecule has 3 N–H and O–H groups in total. The van der Waals surface area contributed by atoms with Crippen LogP contribution in [0.2, 0.25) is 0 Å². The average Bonchev–Trinajstić information content (AvgIpc) is 2.58. The molecule has 0 radical (unpaired) electrons. The Morgan fingerprint density at radius 3 is 2.87 bits per heavy atom. The zero-order valence-electron chi connectivity index (χ0n) is 8.27. The highest BCUT2D eigenvalue weighted by Gasteiger charge is 2.20. The van der Waals surface area contributed by atoms with E-state index in [1.165, 1.54) is 5.56 Å². The molecule has 0 saturated carbocycles. The highest BCUT2D eigenvalue weighted by molar-refractivity contribution is 5.61. The van der Waals surface area contributed by atoms with Crippen LogP contribution < -0.4 is 10.5 Å². The van der Waals surface area contributed by atoms with Crippen molar-refractivity contribution >= 4 is 6.16 Å². The second-order valence-corrected chi connectivity index (χ2v) is 3.81. The third kappa shape index (κ3) is 2.10. The third-order valence-corrected chi connectivity index (χ3v) is 2.73. The molecule has 1 aromatic rings. The van der Waals surface area contributed by atoms with E-state index in [1.807, 2.05) is 6.07 Å². The van der Waals surface area contributed by atoms with Crippen LogP contribution in [0.3, 0.4) is 0 Å². The van der Waals surface area contributed by atoms with Crippen molar-refractivity contribution in [2.24, 2.45) is 11.7 Å². The summed E-state index contributed by atoms with van der Waals surface area (Å²) < 4.78 is 4.59. The fourth-order valence-corrected chi connectivity index (χ4v) is 2.02. The zero-order valence-corrected chi connectivity index (χ0v) is 8.27. The van der Waals surface area contributed by atoms with Crippen LogP contribution in [0.25, 0.3) is 0 Å². The molecule has 0 bridgehead atoms. The van der Waals surface area contributed by atoms with E-state index < -0.39 is 6.16 Å². The predicted octanol–water partition coefficient (Wildman–Crippen LogP) is 1.42. The maximum atomic E-state index is 10.3. The lowest BCUT2D eigenvalue weighted by molar-refractivity contribution is 0.144. The van der Waals surface area contributed by atoms with Crippen LogP contribution >= 0.6 is 0 Å². The normalized spacial score (nSPS) is 18.6. The Balaban J connectivity index is 2.18. The van der Waals surface area contributed by atoms with Gasteiger partial charge in [-0.2, -0.15) is 0 Å². The second-order valence-electron chi connectivity index (χ2n) is 3.81. The first-order chi connectivity index (χ1) is 7.19. The standard InChI is InChI=1S/C11H13NO3/c12-6-7-3-8-1-2-10(15-11(13)14)5-9(8)4-7/h1-2,5,7H,3-4,6,12H2,(H,13,14). The van der Waals surface area contributed by atoms with Gasteiger partial charge in [0.05, 0.1) is 0 Å². The van der Waals surface area contributed by atoms with Crippen molar-refractivity contribution in [3.63, 3.8) is 0 Å². The molecule has 1 aromatic carbocycles. The van der Waals surface area contributed by atoms with Gasteiger partial charge in [0, 0.05) is 0 Å². The van der Waals surface area contributed by atoms with Gasteiger partial charge in [0.25, 0.3) is 0 Å². The van der Waals surface area contributed by atoms with Crippen molar-refractivity contribution in [2.75, 3.05) is 6.54 Å². The van der Waals surface area contributed by atoms with E-state index in [-0.39, 0.29) is 0 Å². The molecule has 2 rings (SSSR count). The number of ether oxygens (including phenoxy) is 1. The van der Waals surface area contributed by atoms with Gasteiger partial charge in [0.1, 0.15) is 5.75 Å². The molecule has 0 spiro atoms. The number of carboxylic acid groups (broad SMARTS) is 1. The summed E-state index contributed by atoms with van der Waals surface area (Å²) in [4.78, 5) is 10.3. The first-order valence-electron chi connectivity index (χ1n) is 4.91. The first kappa shape index (κ1) is 9.98. The summed E-state index contributed by atoms with van der Waals surface area (Å²) in [5.41, 5.74) is 8.02. The number of hydrogen-bond donors (Lipinski definition) is 2. The molecule has 0 amide bonds. The minimum atomic E-state index is -1.27. The Bertz CT molecular complexity index is 389. The number of carbonyl (C=O) groups is 1. The average molecular weight is 207 g/mol. The second kappa shape index (κ2) is 3.90. The minimum absolute atomic E-state index is 0.388. The van der Waals surface area contributed by atoms with Crippen LogP contribution in [0.4, 0.5) is 4.79 Å². The summed E-state index contributed by atoms with van der Waals surface area (Å²) in [6.07, 6.45) is 0.630. The van der Waals surface area contributed by atoms with Crippen molar-refractivity contribution in [3.05, 3.63) is 29.3 Å². The topological polar surface area (TPSA) is 72.5 Å². The fraction of sp³-hybridized carbons (Fsp3) is 0.364. The predicted molar refractivity (Wildman–Crippen MR) is 55.0 cm³/mol. The smallest absolute Gasteiger partial charge is 0.449 e. The SMILES string of the molecule is NCC1Cc2ccc(OC(=O)O)cc2C1. The van der Waals surface area contributed by atoms with Gasteiger partial charge < -0.3 is 15.6 Å². The quantitative estimate of drug-likeness (QED) is 0.568. The van der Waals surface area contributed by atoms with Crippen molar-refractivity contribution < 1.29 is 14.6 Å². The van der Waals surface area contributed by atoms with Gasteiger partial charge in [0.15, 0.2) is 0 Å². The molecule has 0 heterocycles. The van der Waals surface area contributed by atoms with Crippen LogP contribution in [0, 0.1) is 5.92 Å². The molecule has 0 aromatic heterocycles. The van der Waals surface area contributed by atoms with Crippen LogP contribution in [0.1, 0.15) is 11.1 Å². The lowest BCUT2D eigenvalue weighted by Crippen LogP contribution is -2.13. The van der Waals surface area contributed by atoms with Gasteiger partial charge in [-0.1, -0.05) is 6.07 Å². The van der Waals surface area contributed by atoms with Gasteiger partial charge >= 0.3 is 6.16 Å². The summed E-state index contributed by atoms with van der Waals surface area (Å²) in [5.74, 6) is 0.874. The van der Waals surface area contributed by atoms with Gasteiger partial charge in [-0.15, -0.1) is 0 Å². The molecule has 1 atom stereocenters. The molecule has 4 nitrogen and oxygen atoms in total. The Morgan fingerprint density at radius 1 is 1.47 bits per heavy atom. The molecule has 1 aliphatic rings. The lowest BCUT2D eigenvalue weighted by Gasteiger charge is -2.02. The number of nitrogens with two attached hydrogens (primary N) is 1. The minimum Gasteiger partial charge on any atom is -0.449 e. The lowest BCUT2D eigenvalue weighted by atomic mass is 10.1. The van der Waals surface area contributed by atoms with Crippen molar-refractivity contribution in [3.8, 4) is 5.75 Å². The molecule has 0 fully saturated rings. The van der Waals surface area contributed by atoms with E-state index in [4.69, 9.17) is 10.8 Å². The van der Waals surface area contributed by atoms with Crippen LogP contribution in [-0.2, 0) is 12.8 Å². The van der Waals surface area contributed by atoms with E-state index in [1.54, 1.807) is 12.1 Å². The van der Waals surface area contributed by atoms with E-state index in [0.29, 0.717) is 18.2 Å². The van der Waals surface area contributed by atoms with E-state index in [0.717, 1.165) is 18.4 Å². The van der Waals surface area contributed by atoms with Crippen LogP contribution in [-0.4, -0.2) is 17.8 Å². The van der Waals surface area contributed by atoms with Gasteiger partial charge in [-0.05, 0) is 48.6 Å². The Morgan fingerprint density at radius 2 is 2.20 bits per heavy atom. The van der Waals surface area contributed by atoms with E-state index in [9.17, 15) is 4.79 Å². The zero-order chi connectivity index (χ0) is 10.8. The van der Waals surface area contributed by atoms with Crippen molar-refractivity contribution in [1.29, 1.82) is 0 Å². The molecule has 80 valence electrons. The number of benzene rings is 1. The number of rotatable bonds is 2. The van der Waals surface area contributed by atoms with Gasteiger partial charge in [-0.25, -0.2) is 4.79 Å². The first-order valence-corrected chi connectivity index (χ1v) is 4.91. The molecule has 0 aliphatic heterocycles. The number of fused-ring (bicyclic) bond motifs is 1. The van der Waals surface area contributed by atoms with Gasteiger partial charge in [0.2, 0.25) is 0 Å². The molecule has 1 aliphatic carbocycles. The molecule has 15 heavy (non-hydrogen) atoms. The largest absolute Gasteiger partial charge is 0.511 e. The summed E-state index contributed by atoms with van der Waals surface area (Å²) in [6.45, 7) is 0.670. The molecular formula is C11H13NO3. The molecule has 0 saturated heterocycles. The van der Waals surface area contributed by atoms with Gasteiger partial charge in [-0.3, -0.25) is 0 Å². The summed E-state index contributed by atoms with van der Waals surface area (Å²) in [5, 5.41) is 8.47. The highest BCUT2D eigenvalue weighted by Crippen LogP contribution is 2.29. The third-order valence-electron chi connectivity index (χ3n) is 2.73. The van der Waals surface area contributed by atoms with Crippen molar-refractivity contribution in [1.82, 2.24) is 0 Å². The Hall–Kier alpha value is -1.55. The van der Waals surface area contributed by atoms with E-state index in [2.05, 4.69) is 4.74 Å². The van der Waals surface area contributed by atoms with E-state index >= 15 is 0 Å². The summed E-state index contributed by atoms with van der Waals surface area (Å²) in [7, 11) is 0. The van der Waals surface area contributed by atoms with Crippen molar-refractivity contribution in [2.45, 2.75) is 12.8 Å². The summed E-state index contributed by atoms with van der Waals surface area (Å²) >= 11 is 0.